The van der Waals surface area contributed by atoms with E-state index in [0.29, 0.717) is 20.6 Å². The number of nitrogens with zero attached hydrogens (tertiary/aromatic N) is 1. The normalized spacial score (nSPS) is 10.4. The molecule has 0 atom stereocenters. The van der Waals surface area contributed by atoms with Crippen molar-refractivity contribution in [2.24, 2.45) is 0 Å². The number of benzene rings is 1. The summed E-state index contributed by atoms with van der Waals surface area (Å²) < 4.78 is 13.5. The van der Waals surface area contributed by atoms with Gasteiger partial charge in [0.05, 0.1) is 5.02 Å². The lowest BCUT2D eigenvalue weighted by molar-refractivity contribution is 0.602. The van der Waals surface area contributed by atoms with Crippen LogP contribution >= 0.6 is 23.4 Å². The first kappa shape index (κ1) is 11.2. The summed E-state index contributed by atoms with van der Waals surface area (Å²) in [5, 5.41) is 1.08. The Morgan fingerprint density at radius 1 is 1.31 bits per heavy atom. The summed E-state index contributed by atoms with van der Waals surface area (Å²) in [6, 6.07) is 7.97. The molecule has 0 aliphatic carbocycles. The van der Waals surface area contributed by atoms with Gasteiger partial charge in [0.2, 0.25) is 0 Å². The number of nitrogen functional groups attached to an aromatic ring is 1. The van der Waals surface area contributed by atoms with Gasteiger partial charge in [-0.1, -0.05) is 23.4 Å². The first-order valence-corrected chi connectivity index (χ1v) is 5.69. The fourth-order valence-electron chi connectivity index (χ4n) is 1.15. The van der Waals surface area contributed by atoms with Crippen molar-refractivity contribution in [1.82, 2.24) is 4.98 Å². The van der Waals surface area contributed by atoms with Crippen molar-refractivity contribution in [1.29, 1.82) is 0 Å². The summed E-state index contributed by atoms with van der Waals surface area (Å²) in [7, 11) is 0. The standard InChI is InChI=1S/C11H8ClFN2S/c12-8-2-1-5-15-11(8)16-10-4-3-7(14)6-9(10)13/h1-6H,14H2. The second kappa shape index (κ2) is 4.72. The molecule has 0 saturated heterocycles. The SMILES string of the molecule is Nc1ccc(Sc2ncccc2Cl)c(F)c1. The maximum Gasteiger partial charge on any atom is 0.139 e. The predicted molar refractivity (Wildman–Crippen MR) is 64.2 cm³/mol. The molecule has 1 aromatic heterocycles. The minimum Gasteiger partial charge on any atom is -0.399 e. The Kier molecular flexibility index (Phi) is 3.31. The van der Waals surface area contributed by atoms with Gasteiger partial charge in [-0.2, -0.15) is 0 Å². The molecule has 1 aromatic carbocycles. The van der Waals surface area contributed by atoms with Crippen molar-refractivity contribution >= 4 is 29.1 Å². The Balaban J connectivity index is 2.31. The van der Waals surface area contributed by atoms with Gasteiger partial charge in [-0.05, 0) is 30.3 Å². The second-order valence-electron chi connectivity index (χ2n) is 3.08. The van der Waals surface area contributed by atoms with E-state index in [1.165, 1.54) is 17.8 Å². The monoisotopic (exact) mass is 254 g/mol. The van der Waals surface area contributed by atoms with E-state index >= 15 is 0 Å². The summed E-state index contributed by atoms with van der Waals surface area (Å²) in [4.78, 5) is 4.52. The number of rotatable bonds is 2. The van der Waals surface area contributed by atoms with E-state index in [1.54, 1.807) is 30.5 Å². The maximum absolute atomic E-state index is 13.5. The minimum atomic E-state index is -0.369. The first-order valence-electron chi connectivity index (χ1n) is 4.50. The van der Waals surface area contributed by atoms with Crippen molar-refractivity contribution in [2.75, 3.05) is 5.73 Å². The lowest BCUT2D eigenvalue weighted by Crippen LogP contribution is -1.88. The number of halogens is 2. The summed E-state index contributed by atoms with van der Waals surface area (Å²) in [6.45, 7) is 0. The highest BCUT2D eigenvalue weighted by atomic mass is 35.5. The molecule has 0 radical (unpaired) electrons. The van der Waals surface area contributed by atoms with Crippen molar-refractivity contribution < 1.29 is 4.39 Å². The molecule has 0 fully saturated rings. The van der Waals surface area contributed by atoms with Crippen LogP contribution < -0.4 is 5.73 Å². The smallest absolute Gasteiger partial charge is 0.139 e. The molecule has 0 bridgehead atoms. The van der Waals surface area contributed by atoms with Crippen LogP contribution in [0.15, 0.2) is 46.5 Å². The van der Waals surface area contributed by atoms with Gasteiger partial charge in [-0.3, -0.25) is 0 Å². The highest BCUT2D eigenvalue weighted by Crippen LogP contribution is 2.33. The highest BCUT2D eigenvalue weighted by molar-refractivity contribution is 7.99. The zero-order valence-electron chi connectivity index (χ0n) is 8.15. The molecular formula is C11H8ClFN2S. The summed E-state index contributed by atoms with van der Waals surface area (Å²) in [5.41, 5.74) is 5.86. The van der Waals surface area contributed by atoms with Crippen LogP contribution in [0.5, 0.6) is 0 Å². The number of pyridine rings is 1. The lowest BCUT2D eigenvalue weighted by Gasteiger charge is -2.04. The zero-order valence-corrected chi connectivity index (χ0v) is 9.73. The van der Waals surface area contributed by atoms with Crippen molar-refractivity contribution in [3.63, 3.8) is 0 Å². The molecule has 2 nitrogen and oxygen atoms in total. The first-order chi connectivity index (χ1) is 7.66. The molecule has 0 aliphatic rings. The van der Waals surface area contributed by atoms with Gasteiger partial charge in [0.1, 0.15) is 10.8 Å². The zero-order chi connectivity index (χ0) is 11.5. The summed E-state index contributed by atoms with van der Waals surface area (Å²) in [6.07, 6.45) is 1.61. The molecule has 82 valence electrons. The van der Waals surface area contributed by atoms with E-state index in [-0.39, 0.29) is 5.82 Å². The van der Waals surface area contributed by atoms with E-state index in [4.69, 9.17) is 17.3 Å². The fourth-order valence-corrected chi connectivity index (χ4v) is 2.17. The topological polar surface area (TPSA) is 38.9 Å². The third kappa shape index (κ3) is 2.46. The van der Waals surface area contributed by atoms with Gasteiger partial charge in [-0.25, -0.2) is 9.37 Å². The molecule has 1 heterocycles. The van der Waals surface area contributed by atoms with Gasteiger partial charge in [-0.15, -0.1) is 0 Å². The van der Waals surface area contributed by atoms with E-state index in [0.717, 1.165) is 0 Å². The van der Waals surface area contributed by atoms with Gasteiger partial charge >= 0.3 is 0 Å². The fraction of sp³-hybridized carbons (Fsp3) is 0. The molecular weight excluding hydrogens is 247 g/mol. The third-order valence-electron chi connectivity index (χ3n) is 1.89. The average molecular weight is 255 g/mol. The molecule has 5 heteroatoms. The van der Waals surface area contributed by atoms with E-state index in [1.807, 2.05) is 0 Å². The van der Waals surface area contributed by atoms with Crippen LogP contribution in [0.1, 0.15) is 0 Å². The number of nitrogens with two attached hydrogens (primary N) is 1. The maximum atomic E-state index is 13.5. The van der Waals surface area contributed by atoms with Crippen LogP contribution in [0.25, 0.3) is 0 Å². The average Bonchev–Trinajstić information content (AvgIpc) is 2.25. The summed E-state index contributed by atoms with van der Waals surface area (Å²) in [5.74, 6) is -0.369. The largest absolute Gasteiger partial charge is 0.399 e. The molecule has 0 aliphatic heterocycles. The van der Waals surface area contributed by atoms with Crippen LogP contribution in [0.4, 0.5) is 10.1 Å². The highest BCUT2D eigenvalue weighted by Gasteiger charge is 2.08. The number of anilines is 1. The van der Waals surface area contributed by atoms with Crippen molar-refractivity contribution in [2.45, 2.75) is 9.92 Å². The van der Waals surface area contributed by atoms with Crippen LogP contribution in [0.2, 0.25) is 5.02 Å². The van der Waals surface area contributed by atoms with Gasteiger partial charge in [0, 0.05) is 16.8 Å². The Hall–Kier alpha value is -1.26. The predicted octanol–water partition coefficient (Wildman–Crippen LogP) is 3.61. The van der Waals surface area contributed by atoms with E-state index < -0.39 is 0 Å². The Morgan fingerprint density at radius 3 is 2.81 bits per heavy atom. The third-order valence-corrected chi connectivity index (χ3v) is 3.37. The molecule has 2 N–H and O–H groups in total. The van der Waals surface area contributed by atoms with E-state index in [9.17, 15) is 4.39 Å². The van der Waals surface area contributed by atoms with Crippen molar-refractivity contribution in [3.05, 3.63) is 47.4 Å². The summed E-state index contributed by atoms with van der Waals surface area (Å²) >= 11 is 7.10. The van der Waals surface area contributed by atoms with Gasteiger partial charge in [0.15, 0.2) is 0 Å². The Bertz CT molecular complexity index is 519. The Morgan fingerprint density at radius 2 is 2.12 bits per heavy atom. The molecule has 2 aromatic rings. The second-order valence-corrected chi connectivity index (χ2v) is 4.52. The van der Waals surface area contributed by atoms with Crippen molar-refractivity contribution in [3.8, 4) is 0 Å². The molecule has 16 heavy (non-hydrogen) atoms. The number of hydrogen-bond acceptors (Lipinski definition) is 3. The van der Waals surface area contributed by atoms with Gasteiger partial charge in [0.25, 0.3) is 0 Å². The van der Waals surface area contributed by atoms with E-state index in [2.05, 4.69) is 4.98 Å². The molecule has 0 unspecified atom stereocenters. The number of hydrogen-bond donors (Lipinski definition) is 1. The van der Waals surface area contributed by atoms with Crippen LogP contribution in [0.3, 0.4) is 0 Å². The lowest BCUT2D eigenvalue weighted by atomic mass is 10.3. The molecule has 0 spiro atoms. The molecule has 2 rings (SSSR count). The Labute approximate surface area is 102 Å². The molecule has 0 amide bonds. The molecule has 0 saturated carbocycles. The van der Waals surface area contributed by atoms with Gasteiger partial charge < -0.3 is 5.73 Å². The number of aromatic nitrogens is 1. The minimum absolute atomic E-state index is 0.369. The van der Waals surface area contributed by atoms with Crippen LogP contribution in [-0.4, -0.2) is 4.98 Å². The van der Waals surface area contributed by atoms with Crippen LogP contribution in [0, 0.1) is 5.82 Å². The van der Waals surface area contributed by atoms with Crippen LogP contribution in [-0.2, 0) is 0 Å². The quantitative estimate of drug-likeness (QED) is 0.832.